The molecule has 2 rings (SSSR count). The highest BCUT2D eigenvalue weighted by Crippen LogP contribution is 2.30. The van der Waals surface area contributed by atoms with Crippen molar-refractivity contribution in [2.45, 2.75) is 27.2 Å². The van der Waals surface area contributed by atoms with Crippen LogP contribution in [0.4, 0.5) is 0 Å². The number of ketones is 1. The maximum absolute atomic E-state index is 11.2. The van der Waals surface area contributed by atoms with Crippen LogP contribution < -0.4 is 0 Å². The molecule has 1 heteroatoms. The zero-order valence-corrected chi connectivity index (χ0v) is 7.69. The summed E-state index contributed by atoms with van der Waals surface area (Å²) in [7, 11) is 0. The number of rotatable bonds is 0. The minimum absolute atomic E-state index is 0.311. The van der Waals surface area contributed by atoms with Crippen molar-refractivity contribution in [3.8, 4) is 0 Å². The van der Waals surface area contributed by atoms with Crippen molar-refractivity contribution in [1.82, 2.24) is 0 Å². The molecular weight excluding hydrogens is 148 g/mol. The van der Waals surface area contributed by atoms with Crippen LogP contribution in [0.1, 0.15) is 32.6 Å². The van der Waals surface area contributed by atoms with Crippen LogP contribution in [-0.2, 0) is 6.42 Å². The molecule has 1 aliphatic rings. The molecule has 0 radical (unpaired) electrons. The summed E-state index contributed by atoms with van der Waals surface area (Å²) in [6.07, 6.45) is 0.650. The highest BCUT2D eigenvalue weighted by atomic mass is 16.1. The first-order valence-corrected chi connectivity index (χ1v) is 4.24. The second kappa shape index (κ2) is 2.19. The third-order valence-corrected chi connectivity index (χ3v) is 2.87. The van der Waals surface area contributed by atoms with E-state index >= 15 is 0 Å². The van der Waals surface area contributed by atoms with E-state index in [1.807, 2.05) is 6.92 Å². The molecule has 0 spiro atoms. The molecule has 1 aromatic rings. The number of fused-ring (bicyclic) bond motifs is 1. The van der Waals surface area contributed by atoms with Gasteiger partial charge in [0.1, 0.15) is 0 Å². The first-order valence-electron chi connectivity index (χ1n) is 4.24. The summed E-state index contributed by atoms with van der Waals surface area (Å²) in [4.78, 5) is 11.2. The highest BCUT2D eigenvalue weighted by Gasteiger charge is 2.26. The van der Waals surface area contributed by atoms with Gasteiger partial charge in [0.2, 0.25) is 0 Å². The summed E-state index contributed by atoms with van der Waals surface area (Å²) in [6.45, 7) is 6.22. The molecule has 0 atom stereocenters. The molecule has 0 unspecified atom stereocenters. The quantitative estimate of drug-likeness (QED) is 0.569. The van der Waals surface area contributed by atoms with E-state index in [4.69, 9.17) is 0 Å². The van der Waals surface area contributed by atoms with E-state index in [0.29, 0.717) is 12.2 Å². The van der Waals surface area contributed by atoms with Gasteiger partial charge >= 0.3 is 0 Å². The van der Waals surface area contributed by atoms with Crippen molar-refractivity contribution >= 4 is 5.78 Å². The fraction of sp³-hybridized carbons (Fsp3) is 0.364. The third kappa shape index (κ3) is 0.765. The fourth-order valence-corrected chi connectivity index (χ4v) is 1.85. The molecule has 0 bridgehead atoms. The molecule has 0 fully saturated rings. The van der Waals surface area contributed by atoms with Crippen LogP contribution >= 0.6 is 0 Å². The zero-order valence-electron chi connectivity index (χ0n) is 7.69. The molecule has 12 heavy (non-hydrogen) atoms. The van der Waals surface area contributed by atoms with E-state index in [2.05, 4.69) is 19.9 Å². The molecule has 0 saturated carbocycles. The fourth-order valence-electron chi connectivity index (χ4n) is 1.85. The number of hydrogen-bond acceptors (Lipinski definition) is 1. The van der Waals surface area contributed by atoms with E-state index in [1.165, 1.54) is 22.3 Å². The summed E-state index contributed by atoms with van der Waals surface area (Å²) >= 11 is 0. The lowest BCUT2D eigenvalue weighted by Gasteiger charge is -2.22. The number of benzene rings is 1. The number of carbonyl (C=O) groups excluding carboxylic acids is 1. The minimum atomic E-state index is 0.311. The highest BCUT2D eigenvalue weighted by molar-refractivity contribution is 6.08. The van der Waals surface area contributed by atoms with Gasteiger partial charge in [-0.25, -0.2) is 0 Å². The van der Waals surface area contributed by atoms with Gasteiger partial charge in [-0.1, -0.05) is 6.07 Å². The number of aryl methyl sites for hydroxylation is 1. The average Bonchev–Trinajstić information content (AvgIpc) is 1.99. The lowest BCUT2D eigenvalue weighted by molar-refractivity contribution is 0.0967. The summed E-state index contributed by atoms with van der Waals surface area (Å²) in [5.41, 5.74) is 5.97. The van der Waals surface area contributed by atoms with E-state index in [-0.39, 0.29) is 0 Å². The molecule has 0 saturated heterocycles. The van der Waals surface area contributed by atoms with Crippen molar-refractivity contribution < 1.29 is 4.79 Å². The van der Waals surface area contributed by atoms with Crippen LogP contribution in [0.2, 0.25) is 0 Å². The second-order valence-corrected chi connectivity index (χ2v) is 3.58. The smallest absolute Gasteiger partial charge is 0.167 e. The molecule has 1 nitrogen and oxygen atoms in total. The van der Waals surface area contributed by atoms with Gasteiger partial charge in [0.25, 0.3) is 0 Å². The maximum atomic E-state index is 11.2. The van der Waals surface area contributed by atoms with Gasteiger partial charge in [-0.15, -0.1) is 0 Å². The average molecular weight is 160 g/mol. The summed E-state index contributed by atoms with van der Waals surface area (Å²) in [5, 5.41) is 0. The van der Waals surface area contributed by atoms with E-state index in [0.717, 1.165) is 5.56 Å². The molecule has 0 N–H and O–H groups in total. The molecule has 62 valence electrons. The van der Waals surface area contributed by atoms with Crippen LogP contribution in [0, 0.1) is 20.8 Å². The standard InChI is InChI=1S/C11H12O/c1-6-4-9-5-10(12)11(9)8(3)7(6)2/h4H,5H2,1-3H3. The van der Waals surface area contributed by atoms with Gasteiger partial charge in [0.05, 0.1) is 0 Å². The van der Waals surface area contributed by atoms with Crippen LogP contribution in [-0.4, -0.2) is 5.78 Å². The molecular formula is C11H12O. The third-order valence-electron chi connectivity index (χ3n) is 2.87. The maximum Gasteiger partial charge on any atom is 0.167 e. The molecule has 1 aromatic carbocycles. The molecule has 0 heterocycles. The summed E-state index contributed by atoms with van der Waals surface area (Å²) < 4.78 is 0. The van der Waals surface area contributed by atoms with Crippen molar-refractivity contribution in [1.29, 1.82) is 0 Å². The van der Waals surface area contributed by atoms with Gasteiger partial charge in [0.15, 0.2) is 5.78 Å². The number of carbonyl (C=O) groups is 1. The van der Waals surface area contributed by atoms with Crippen LogP contribution in [0.25, 0.3) is 0 Å². The topological polar surface area (TPSA) is 17.1 Å². The van der Waals surface area contributed by atoms with Crippen LogP contribution in [0.15, 0.2) is 6.07 Å². The Morgan fingerprint density at radius 1 is 1.17 bits per heavy atom. The van der Waals surface area contributed by atoms with Gasteiger partial charge in [-0.05, 0) is 43.0 Å². The Labute approximate surface area is 72.4 Å². The SMILES string of the molecule is Cc1cc2c(c(C)c1C)C(=O)C2. The lowest BCUT2D eigenvalue weighted by atomic mass is 9.80. The van der Waals surface area contributed by atoms with Gasteiger partial charge in [-0.2, -0.15) is 0 Å². The summed E-state index contributed by atoms with van der Waals surface area (Å²) in [5.74, 6) is 0.311. The first kappa shape index (κ1) is 7.53. The van der Waals surface area contributed by atoms with Crippen LogP contribution in [0.5, 0.6) is 0 Å². The Balaban J connectivity index is 2.74. The molecule has 0 amide bonds. The Morgan fingerprint density at radius 3 is 2.42 bits per heavy atom. The molecule has 0 aliphatic heterocycles. The van der Waals surface area contributed by atoms with Crippen molar-refractivity contribution in [3.63, 3.8) is 0 Å². The largest absolute Gasteiger partial charge is 0.294 e. The van der Waals surface area contributed by atoms with Crippen molar-refractivity contribution in [3.05, 3.63) is 33.9 Å². The normalized spacial score (nSPS) is 14.1. The minimum Gasteiger partial charge on any atom is -0.294 e. The van der Waals surface area contributed by atoms with E-state index in [9.17, 15) is 4.79 Å². The predicted octanol–water partition coefficient (Wildman–Crippen LogP) is 2.35. The zero-order chi connectivity index (χ0) is 8.88. The second-order valence-electron chi connectivity index (χ2n) is 3.58. The van der Waals surface area contributed by atoms with Gasteiger partial charge in [0, 0.05) is 12.0 Å². The lowest BCUT2D eigenvalue weighted by Crippen LogP contribution is -2.21. The van der Waals surface area contributed by atoms with Gasteiger partial charge in [-0.3, -0.25) is 4.79 Å². The van der Waals surface area contributed by atoms with Crippen molar-refractivity contribution in [2.24, 2.45) is 0 Å². The molecule has 1 aliphatic carbocycles. The Hall–Kier alpha value is -1.11. The van der Waals surface area contributed by atoms with Gasteiger partial charge < -0.3 is 0 Å². The number of Topliss-reactive ketones (excluding diaryl/α,β-unsaturated/α-hetero) is 1. The van der Waals surface area contributed by atoms with Crippen LogP contribution in [0.3, 0.4) is 0 Å². The first-order chi connectivity index (χ1) is 5.61. The Morgan fingerprint density at radius 2 is 1.83 bits per heavy atom. The monoisotopic (exact) mass is 160 g/mol. The van der Waals surface area contributed by atoms with Crippen molar-refractivity contribution in [2.75, 3.05) is 0 Å². The predicted molar refractivity (Wildman–Crippen MR) is 48.7 cm³/mol. The Bertz CT molecular complexity index is 375. The van der Waals surface area contributed by atoms with E-state index in [1.54, 1.807) is 0 Å². The number of hydrogen-bond donors (Lipinski definition) is 0. The van der Waals surface area contributed by atoms with E-state index < -0.39 is 0 Å². The molecule has 0 aromatic heterocycles. The summed E-state index contributed by atoms with van der Waals surface area (Å²) in [6, 6.07) is 2.14. The Kier molecular flexibility index (Phi) is 1.38.